The summed E-state index contributed by atoms with van der Waals surface area (Å²) in [4.78, 5) is 39.3. The summed E-state index contributed by atoms with van der Waals surface area (Å²) >= 11 is 0. The van der Waals surface area contributed by atoms with Crippen LogP contribution in [-0.4, -0.2) is 49.1 Å². The number of fused-ring (bicyclic) bond motifs is 1. The molecule has 0 aliphatic carbocycles. The Labute approximate surface area is 199 Å². The lowest BCUT2D eigenvalue weighted by Gasteiger charge is -2.34. The summed E-state index contributed by atoms with van der Waals surface area (Å²) in [6.45, 7) is 4.79. The molecule has 0 saturated carbocycles. The van der Waals surface area contributed by atoms with Gasteiger partial charge in [-0.15, -0.1) is 0 Å². The van der Waals surface area contributed by atoms with Crippen molar-refractivity contribution in [2.24, 2.45) is 5.92 Å². The van der Waals surface area contributed by atoms with Gasteiger partial charge in [0.25, 0.3) is 5.91 Å². The predicted molar refractivity (Wildman–Crippen MR) is 128 cm³/mol. The first-order chi connectivity index (χ1) is 16.5. The lowest BCUT2D eigenvalue weighted by molar-refractivity contribution is -0.112. The molecule has 1 saturated heterocycles. The van der Waals surface area contributed by atoms with E-state index in [-0.39, 0.29) is 17.5 Å². The minimum Gasteiger partial charge on any atom is -0.493 e. The lowest BCUT2D eigenvalue weighted by atomic mass is 9.93. The Morgan fingerprint density at radius 3 is 2.65 bits per heavy atom. The number of hydrogen-bond donors (Lipinski definition) is 0. The maximum Gasteiger partial charge on any atom is 0.255 e. The number of carbonyl (C=O) groups excluding carboxylic acids is 3. The van der Waals surface area contributed by atoms with Crippen LogP contribution in [0.5, 0.6) is 5.75 Å². The Bertz CT molecular complexity index is 1050. The summed E-state index contributed by atoms with van der Waals surface area (Å²) in [5.74, 6) is 0.329. The number of ether oxygens (including phenoxy) is 1. The lowest BCUT2D eigenvalue weighted by Crippen LogP contribution is -2.37. The van der Waals surface area contributed by atoms with Gasteiger partial charge in [0.1, 0.15) is 17.9 Å². The molecule has 0 bridgehead atoms. The number of amides is 1. The standard InChI is InChI=1S/C27H31FN2O4/c1-2-4-21(18-32)30-16-24-23(27(30)33)5-3-6-26(24)29-12-9-19(10-13-29)11-14-34-22-8-7-20(17-31)25(28)15-22/h3,5-8,15,17-19,21H,2,4,9-14,16H2,1H3. The van der Waals surface area contributed by atoms with Crippen LogP contribution < -0.4 is 9.64 Å². The van der Waals surface area contributed by atoms with Gasteiger partial charge >= 0.3 is 0 Å². The van der Waals surface area contributed by atoms with Crippen molar-refractivity contribution >= 4 is 24.2 Å². The molecule has 0 N–H and O–H groups in total. The van der Waals surface area contributed by atoms with Gasteiger partial charge in [0.2, 0.25) is 0 Å². The van der Waals surface area contributed by atoms with E-state index in [0.717, 1.165) is 56.3 Å². The average Bonchev–Trinajstić information content (AvgIpc) is 3.19. The van der Waals surface area contributed by atoms with Crippen LogP contribution in [0.2, 0.25) is 0 Å². The van der Waals surface area contributed by atoms with E-state index < -0.39 is 5.82 Å². The van der Waals surface area contributed by atoms with E-state index in [9.17, 15) is 18.8 Å². The number of hydrogen-bond acceptors (Lipinski definition) is 5. The van der Waals surface area contributed by atoms with Crippen molar-refractivity contribution in [1.29, 1.82) is 0 Å². The minimum absolute atomic E-state index is 0.0315. The van der Waals surface area contributed by atoms with E-state index in [2.05, 4.69) is 11.0 Å². The highest BCUT2D eigenvalue weighted by atomic mass is 19.1. The molecule has 1 fully saturated rings. The number of benzene rings is 2. The molecule has 2 aromatic carbocycles. The molecule has 1 amide bonds. The maximum absolute atomic E-state index is 13.7. The summed E-state index contributed by atoms with van der Waals surface area (Å²) in [6, 6.07) is 9.80. The van der Waals surface area contributed by atoms with Crippen LogP contribution in [0.4, 0.5) is 10.1 Å². The molecular formula is C27H31FN2O4. The molecule has 0 spiro atoms. The molecule has 2 heterocycles. The third-order valence-electron chi connectivity index (χ3n) is 6.96. The van der Waals surface area contributed by atoms with Crippen LogP contribution in [0, 0.1) is 11.7 Å². The molecule has 6 nitrogen and oxygen atoms in total. The summed E-state index contributed by atoms with van der Waals surface area (Å²) in [6.07, 6.45) is 5.82. The van der Waals surface area contributed by atoms with Crippen molar-refractivity contribution in [2.45, 2.75) is 51.6 Å². The first-order valence-corrected chi connectivity index (χ1v) is 12.1. The number of piperidine rings is 1. The topological polar surface area (TPSA) is 66.9 Å². The zero-order valence-corrected chi connectivity index (χ0v) is 19.5. The highest BCUT2D eigenvalue weighted by molar-refractivity contribution is 6.01. The van der Waals surface area contributed by atoms with Gasteiger partial charge < -0.3 is 19.3 Å². The largest absolute Gasteiger partial charge is 0.493 e. The Hall–Kier alpha value is -3.22. The third kappa shape index (κ3) is 4.98. The fraction of sp³-hybridized carbons (Fsp3) is 0.444. The molecule has 4 rings (SSSR count). The summed E-state index contributed by atoms with van der Waals surface area (Å²) in [5.41, 5.74) is 2.86. The highest BCUT2D eigenvalue weighted by Crippen LogP contribution is 2.35. The number of halogens is 1. The molecule has 2 aromatic rings. The minimum atomic E-state index is -0.567. The van der Waals surface area contributed by atoms with Crippen molar-refractivity contribution in [3.05, 3.63) is 58.9 Å². The second kappa shape index (κ2) is 10.8. The SMILES string of the molecule is CCCC(C=O)N1Cc2c(cccc2N2CCC(CCOc3ccc(C=O)c(F)c3)CC2)C1=O. The Morgan fingerprint density at radius 1 is 1.18 bits per heavy atom. The van der Waals surface area contributed by atoms with Crippen molar-refractivity contribution in [3.63, 3.8) is 0 Å². The van der Waals surface area contributed by atoms with Crippen molar-refractivity contribution < 1.29 is 23.5 Å². The zero-order valence-electron chi connectivity index (χ0n) is 19.5. The van der Waals surface area contributed by atoms with Crippen LogP contribution >= 0.6 is 0 Å². The van der Waals surface area contributed by atoms with E-state index >= 15 is 0 Å². The Balaban J connectivity index is 1.32. The predicted octanol–water partition coefficient (Wildman–Crippen LogP) is 4.65. The number of anilines is 1. The molecule has 1 unspecified atom stereocenters. The van der Waals surface area contributed by atoms with Gasteiger partial charge in [-0.25, -0.2) is 4.39 Å². The van der Waals surface area contributed by atoms with Crippen molar-refractivity contribution in [1.82, 2.24) is 4.90 Å². The summed E-state index contributed by atoms with van der Waals surface area (Å²) in [5, 5.41) is 0. The number of carbonyl (C=O) groups is 3. The molecule has 2 aliphatic heterocycles. The molecular weight excluding hydrogens is 435 g/mol. The Kier molecular flexibility index (Phi) is 7.60. The Morgan fingerprint density at radius 2 is 1.97 bits per heavy atom. The molecule has 1 atom stereocenters. The zero-order chi connectivity index (χ0) is 24.1. The van der Waals surface area contributed by atoms with E-state index in [1.54, 1.807) is 11.0 Å². The van der Waals surface area contributed by atoms with Gasteiger partial charge in [-0.2, -0.15) is 0 Å². The smallest absolute Gasteiger partial charge is 0.255 e. The quantitative estimate of drug-likeness (QED) is 0.477. The average molecular weight is 467 g/mol. The van der Waals surface area contributed by atoms with Crippen LogP contribution in [0.15, 0.2) is 36.4 Å². The third-order valence-corrected chi connectivity index (χ3v) is 6.96. The van der Waals surface area contributed by atoms with Gasteiger partial charge in [0.15, 0.2) is 6.29 Å². The second-order valence-corrected chi connectivity index (χ2v) is 9.10. The second-order valence-electron chi connectivity index (χ2n) is 9.10. The summed E-state index contributed by atoms with van der Waals surface area (Å²) in [7, 11) is 0. The maximum atomic E-state index is 13.7. The first-order valence-electron chi connectivity index (χ1n) is 12.1. The molecule has 0 radical (unpaired) electrons. The number of aldehydes is 2. The van der Waals surface area contributed by atoms with E-state index in [1.807, 2.05) is 19.1 Å². The number of nitrogens with zero attached hydrogens (tertiary/aromatic N) is 2. The van der Waals surface area contributed by atoms with Gasteiger partial charge in [-0.3, -0.25) is 9.59 Å². The van der Waals surface area contributed by atoms with E-state index in [1.165, 1.54) is 12.1 Å². The van der Waals surface area contributed by atoms with E-state index in [0.29, 0.717) is 43.1 Å². The summed E-state index contributed by atoms with van der Waals surface area (Å²) < 4.78 is 19.4. The van der Waals surface area contributed by atoms with Crippen LogP contribution in [0.25, 0.3) is 0 Å². The molecule has 34 heavy (non-hydrogen) atoms. The van der Waals surface area contributed by atoms with Crippen LogP contribution in [0.1, 0.15) is 65.3 Å². The van der Waals surface area contributed by atoms with Crippen LogP contribution in [-0.2, 0) is 11.3 Å². The normalized spacial score (nSPS) is 16.9. The molecule has 7 heteroatoms. The molecule has 0 aromatic heterocycles. The fourth-order valence-electron chi connectivity index (χ4n) is 4.99. The van der Waals surface area contributed by atoms with Gasteiger partial charge in [0, 0.05) is 42.5 Å². The molecule has 2 aliphatic rings. The highest BCUT2D eigenvalue weighted by Gasteiger charge is 2.35. The first kappa shape index (κ1) is 23.9. The fourth-order valence-corrected chi connectivity index (χ4v) is 4.99. The number of rotatable bonds is 10. The van der Waals surface area contributed by atoms with Crippen molar-refractivity contribution in [2.75, 3.05) is 24.6 Å². The van der Waals surface area contributed by atoms with Gasteiger partial charge in [-0.05, 0) is 55.9 Å². The van der Waals surface area contributed by atoms with E-state index in [4.69, 9.17) is 4.74 Å². The van der Waals surface area contributed by atoms with Gasteiger partial charge in [-0.1, -0.05) is 19.4 Å². The molecule has 180 valence electrons. The van der Waals surface area contributed by atoms with Crippen molar-refractivity contribution in [3.8, 4) is 5.75 Å². The monoisotopic (exact) mass is 466 g/mol. The van der Waals surface area contributed by atoms with Gasteiger partial charge in [0.05, 0.1) is 18.2 Å². The van der Waals surface area contributed by atoms with Crippen LogP contribution in [0.3, 0.4) is 0 Å².